The molecule has 0 aliphatic carbocycles. The molecular weight excluding hydrogens is 422 g/mol. The molecule has 0 fully saturated rings. The number of carbonyl (C=O) groups is 1. The van der Waals surface area contributed by atoms with Crippen molar-refractivity contribution in [1.82, 2.24) is 4.98 Å². The van der Waals surface area contributed by atoms with Crippen LogP contribution >= 0.6 is 27.5 Å². The van der Waals surface area contributed by atoms with E-state index in [2.05, 4.69) is 20.9 Å². The molecule has 0 bridgehead atoms. The highest BCUT2D eigenvalue weighted by Crippen LogP contribution is 2.29. The molecule has 0 saturated carbocycles. The van der Waals surface area contributed by atoms with Gasteiger partial charge in [-0.15, -0.1) is 0 Å². The monoisotopic (exact) mass is 435 g/mol. The fourth-order valence-corrected chi connectivity index (χ4v) is 3.53. The quantitative estimate of drug-likeness (QED) is 0.344. The summed E-state index contributed by atoms with van der Waals surface area (Å²) in [5, 5.41) is 1.60. The first kappa shape index (κ1) is 17.8. The Kier molecular flexibility index (Phi) is 4.97. The van der Waals surface area contributed by atoms with Gasteiger partial charge in [0.15, 0.2) is 5.78 Å². The highest BCUT2D eigenvalue weighted by Gasteiger charge is 2.18. The summed E-state index contributed by atoms with van der Waals surface area (Å²) < 4.78 is 0.961. The van der Waals surface area contributed by atoms with E-state index in [4.69, 9.17) is 11.6 Å². The van der Waals surface area contributed by atoms with Gasteiger partial charge in [-0.25, -0.2) is 0 Å². The molecule has 0 unspecified atom stereocenters. The smallest absolute Gasteiger partial charge is 0.195 e. The first-order valence-corrected chi connectivity index (χ1v) is 9.63. The summed E-state index contributed by atoms with van der Waals surface area (Å²) in [7, 11) is 0. The second-order valence-electron chi connectivity index (χ2n) is 6.18. The van der Waals surface area contributed by atoms with Gasteiger partial charge in [0.2, 0.25) is 0 Å². The number of carbonyl (C=O) groups excluding carboxylic acids is 1. The van der Waals surface area contributed by atoms with Crippen molar-refractivity contribution in [3.63, 3.8) is 0 Å². The third-order valence-corrected chi connectivity index (χ3v) is 5.11. The Labute approximate surface area is 170 Å². The van der Waals surface area contributed by atoms with Crippen LogP contribution in [0.3, 0.4) is 0 Å². The molecule has 1 aromatic heterocycles. The summed E-state index contributed by atoms with van der Waals surface area (Å²) in [6.45, 7) is 0. The number of aromatic amines is 1. The van der Waals surface area contributed by atoms with E-state index < -0.39 is 0 Å². The van der Waals surface area contributed by atoms with Crippen LogP contribution in [0.15, 0.2) is 77.3 Å². The molecule has 1 heterocycles. The topological polar surface area (TPSA) is 32.9 Å². The summed E-state index contributed by atoms with van der Waals surface area (Å²) in [6, 6.07) is 22.8. The van der Waals surface area contributed by atoms with Crippen LogP contribution in [0.25, 0.3) is 23.1 Å². The number of hydrogen-bond acceptors (Lipinski definition) is 1. The zero-order valence-corrected chi connectivity index (χ0v) is 16.6. The van der Waals surface area contributed by atoms with Gasteiger partial charge >= 0.3 is 0 Å². The molecular formula is C23H15BrClNO. The van der Waals surface area contributed by atoms with Crippen LogP contribution in [-0.4, -0.2) is 10.8 Å². The van der Waals surface area contributed by atoms with Gasteiger partial charge < -0.3 is 4.98 Å². The van der Waals surface area contributed by atoms with Gasteiger partial charge in [-0.1, -0.05) is 82.1 Å². The van der Waals surface area contributed by atoms with Crippen LogP contribution in [0.2, 0.25) is 5.02 Å². The molecule has 132 valence electrons. The molecule has 27 heavy (non-hydrogen) atoms. The van der Waals surface area contributed by atoms with Gasteiger partial charge in [0.1, 0.15) is 0 Å². The number of aromatic nitrogens is 1. The zero-order chi connectivity index (χ0) is 18.8. The minimum absolute atomic E-state index is 0.0000661. The number of nitrogens with one attached hydrogen (secondary N) is 1. The van der Waals surface area contributed by atoms with Gasteiger partial charge in [-0.05, 0) is 35.9 Å². The SMILES string of the molecule is O=C(c1ccccc1)c1c(C=Cc2ccc(Cl)cc2)[nH]c2cc(Br)ccc12. The van der Waals surface area contributed by atoms with Crippen molar-refractivity contribution in [2.75, 3.05) is 0 Å². The number of hydrogen-bond donors (Lipinski definition) is 1. The van der Waals surface area contributed by atoms with Crippen molar-refractivity contribution in [2.24, 2.45) is 0 Å². The van der Waals surface area contributed by atoms with Crippen molar-refractivity contribution in [1.29, 1.82) is 0 Å². The number of halogens is 2. The Morgan fingerprint density at radius 1 is 0.926 bits per heavy atom. The first-order chi connectivity index (χ1) is 13.1. The van der Waals surface area contributed by atoms with Crippen LogP contribution in [0.5, 0.6) is 0 Å². The minimum atomic E-state index is -0.0000661. The lowest BCUT2D eigenvalue weighted by Gasteiger charge is -2.02. The second-order valence-corrected chi connectivity index (χ2v) is 7.54. The zero-order valence-electron chi connectivity index (χ0n) is 14.2. The third-order valence-electron chi connectivity index (χ3n) is 4.37. The van der Waals surface area contributed by atoms with Crippen LogP contribution in [0.1, 0.15) is 27.2 Å². The van der Waals surface area contributed by atoms with Gasteiger partial charge in [0, 0.05) is 26.0 Å². The van der Waals surface area contributed by atoms with Gasteiger partial charge in [-0.3, -0.25) is 4.79 Å². The molecule has 0 aliphatic heterocycles. The fraction of sp³-hybridized carbons (Fsp3) is 0. The predicted octanol–water partition coefficient (Wildman–Crippen LogP) is 6.99. The van der Waals surface area contributed by atoms with Crippen molar-refractivity contribution >= 4 is 56.4 Å². The van der Waals surface area contributed by atoms with Crippen molar-refractivity contribution < 1.29 is 4.79 Å². The Bertz CT molecular complexity index is 1140. The van der Waals surface area contributed by atoms with Gasteiger partial charge in [0.05, 0.1) is 11.3 Å². The minimum Gasteiger partial charge on any atom is -0.354 e. The van der Waals surface area contributed by atoms with Crippen LogP contribution in [0.4, 0.5) is 0 Å². The van der Waals surface area contributed by atoms with E-state index in [1.807, 2.05) is 84.9 Å². The number of rotatable bonds is 4. The number of H-pyrrole nitrogens is 1. The van der Waals surface area contributed by atoms with Crippen LogP contribution in [0, 0.1) is 0 Å². The summed E-state index contributed by atoms with van der Waals surface area (Å²) in [6.07, 6.45) is 3.91. The largest absolute Gasteiger partial charge is 0.354 e. The number of fused-ring (bicyclic) bond motifs is 1. The summed E-state index contributed by atoms with van der Waals surface area (Å²) in [5.74, 6) is -0.0000661. The average Bonchev–Trinajstić information content (AvgIpc) is 3.05. The lowest BCUT2D eigenvalue weighted by atomic mass is 9.99. The van der Waals surface area contributed by atoms with E-state index in [0.717, 1.165) is 26.6 Å². The van der Waals surface area contributed by atoms with Crippen molar-refractivity contribution in [3.05, 3.63) is 105 Å². The summed E-state index contributed by atoms with van der Waals surface area (Å²) >= 11 is 9.45. The van der Waals surface area contributed by atoms with Gasteiger partial charge in [0.25, 0.3) is 0 Å². The maximum Gasteiger partial charge on any atom is 0.195 e. The molecule has 4 heteroatoms. The highest BCUT2D eigenvalue weighted by molar-refractivity contribution is 9.10. The van der Waals surface area contributed by atoms with Crippen LogP contribution in [-0.2, 0) is 0 Å². The lowest BCUT2D eigenvalue weighted by Crippen LogP contribution is -2.02. The lowest BCUT2D eigenvalue weighted by molar-refractivity contribution is 0.104. The van der Waals surface area contributed by atoms with E-state index >= 15 is 0 Å². The summed E-state index contributed by atoms with van der Waals surface area (Å²) in [4.78, 5) is 16.6. The van der Waals surface area contributed by atoms with E-state index in [0.29, 0.717) is 16.1 Å². The van der Waals surface area contributed by atoms with E-state index in [1.54, 1.807) is 0 Å². The maximum atomic E-state index is 13.2. The molecule has 0 aliphatic rings. The van der Waals surface area contributed by atoms with Crippen molar-refractivity contribution in [2.45, 2.75) is 0 Å². The predicted molar refractivity (Wildman–Crippen MR) is 116 cm³/mol. The van der Waals surface area contributed by atoms with E-state index in [1.165, 1.54) is 0 Å². The Hall–Kier alpha value is -2.62. The fourth-order valence-electron chi connectivity index (χ4n) is 3.05. The highest BCUT2D eigenvalue weighted by atomic mass is 79.9. The van der Waals surface area contributed by atoms with E-state index in [-0.39, 0.29) is 5.78 Å². The molecule has 1 N–H and O–H groups in total. The molecule has 3 aromatic carbocycles. The molecule has 4 rings (SSSR count). The normalized spacial score (nSPS) is 11.3. The maximum absolute atomic E-state index is 13.2. The number of benzene rings is 3. The Morgan fingerprint density at radius 2 is 1.67 bits per heavy atom. The molecule has 4 aromatic rings. The Balaban J connectivity index is 1.84. The third kappa shape index (κ3) is 3.75. The molecule has 0 spiro atoms. The Morgan fingerprint density at radius 3 is 2.41 bits per heavy atom. The average molecular weight is 437 g/mol. The molecule has 0 atom stereocenters. The van der Waals surface area contributed by atoms with E-state index in [9.17, 15) is 4.79 Å². The van der Waals surface area contributed by atoms with Gasteiger partial charge in [-0.2, -0.15) is 0 Å². The molecule has 0 saturated heterocycles. The second kappa shape index (κ2) is 7.55. The van der Waals surface area contributed by atoms with Crippen LogP contribution < -0.4 is 0 Å². The number of ketones is 1. The summed E-state index contributed by atoms with van der Waals surface area (Å²) in [5.41, 5.74) is 4.06. The molecule has 0 radical (unpaired) electrons. The standard InChI is InChI=1S/C23H15BrClNO/c24-17-9-12-19-21(14-17)26-20(13-8-15-6-10-18(25)11-7-15)22(19)23(27)16-4-2-1-3-5-16/h1-14,26H. The first-order valence-electron chi connectivity index (χ1n) is 8.46. The molecule has 0 amide bonds. The molecule has 2 nitrogen and oxygen atoms in total. The van der Waals surface area contributed by atoms with Crippen molar-refractivity contribution in [3.8, 4) is 0 Å².